The second-order valence-corrected chi connectivity index (χ2v) is 8.32. The highest BCUT2D eigenvalue weighted by Crippen LogP contribution is 2.47. The number of anilines is 1. The van der Waals surface area contributed by atoms with Crippen LogP contribution in [0.2, 0.25) is 0 Å². The van der Waals surface area contributed by atoms with Crippen molar-refractivity contribution in [2.24, 2.45) is 0 Å². The maximum Gasteiger partial charge on any atom is 0.262 e. The Labute approximate surface area is 189 Å². The smallest absolute Gasteiger partial charge is 0.262 e. The normalized spacial score (nSPS) is 14.8. The predicted molar refractivity (Wildman–Crippen MR) is 113 cm³/mol. The number of aromatic hydroxyl groups is 2. The minimum Gasteiger partial charge on any atom is -1.00 e. The van der Waals surface area contributed by atoms with Gasteiger partial charge in [-0.3, -0.25) is 0 Å². The van der Waals surface area contributed by atoms with Crippen molar-refractivity contribution in [1.29, 1.82) is 0 Å². The summed E-state index contributed by atoms with van der Waals surface area (Å²) in [6, 6.07) is 11.0. The number of fused-ring (bicyclic) bond motifs is 2. The van der Waals surface area contributed by atoms with E-state index in [9.17, 15) is 10.2 Å². The molecule has 0 spiro atoms. The van der Waals surface area contributed by atoms with E-state index in [0.717, 1.165) is 43.9 Å². The molecule has 3 aromatic rings. The standard InChI is InChI=1S/C21H20N2O2S2.HI/c1-3-22-16-12-14(24)8-10-18(16)26-20(22)6-5-7-21-23(4-2)17-13-15(25)9-11-19(17)27-21;/h5-13H,3-4H2,1-2H3,(H-,24,25);1H. The first kappa shape index (κ1) is 21.0. The van der Waals surface area contributed by atoms with E-state index in [1.165, 1.54) is 0 Å². The molecule has 4 nitrogen and oxygen atoms in total. The van der Waals surface area contributed by atoms with Gasteiger partial charge in [-0.25, -0.2) is 0 Å². The highest BCUT2D eigenvalue weighted by Gasteiger charge is 2.24. The summed E-state index contributed by atoms with van der Waals surface area (Å²) in [6.45, 7) is 5.92. The maximum atomic E-state index is 9.78. The van der Waals surface area contributed by atoms with E-state index in [-0.39, 0.29) is 24.0 Å². The van der Waals surface area contributed by atoms with Crippen molar-refractivity contribution >= 4 is 45.1 Å². The lowest BCUT2D eigenvalue weighted by Gasteiger charge is -2.17. The van der Waals surface area contributed by atoms with E-state index in [1.807, 2.05) is 24.3 Å². The van der Waals surface area contributed by atoms with E-state index in [1.54, 1.807) is 35.2 Å². The Morgan fingerprint density at radius 3 is 2.57 bits per heavy atom. The summed E-state index contributed by atoms with van der Waals surface area (Å²) in [5, 5.41) is 21.9. The van der Waals surface area contributed by atoms with Gasteiger partial charge in [0.25, 0.3) is 5.01 Å². The van der Waals surface area contributed by atoms with Gasteiger partial charge < -0.3 is 39.1 Å². The Balaban J connectivity index is 0.00000225. The summed E-state index contributed by atoms with van der Waals surface area (Å²) in [4.78, 5) is 3.37. The van der Waals surface area contributed by atoms with Crippen LogP contribution in [0.5, 0.6) is 11.5 Å². The number of rotatable bonds is 4. The molecule has 0 saturated carbocycles. The minimum atomic E-state index is 0. The molecule has 2 N–H and O–H groups in total. The maximum absolute atomic E-state index is 9.78. The number of halogens is 1. The zero-order chi connectivity index (χ0) is 19.0. The SMILES string of the molecule is CCN1/C(=C/C=C/c2sc3ccc(O)cc3[n+]2CC)Sc2ccc(O)cc21.[I-]. The van der Waals surface area contributed by atoms with Crippen LogP contribution in [0, 0.1) is 0 Å². The highest BCUT2D eigenvalue weighted by atomic mass is 127. The van der Waals surface area contributed by atoms with E-state index in [2.05, 4.69) is 41.5 Å². The number of benzene rings is 2. The Kier molecular flexibility index (Phi) is 6.57. The van der Waals surface area contributed by atoms with E-state index < -0.39 is 0 Å². The van der Waals surface area contributed by atoms with Crippen LogP contribution in [-0.4, -0.2) is 16.8 Å². The molecule has 0 saturated heterocycles. The number of allylic oxidation sites excluding steroid dienone is 2. The average Bonchev–Trinajstić information content (AvgIpc) is 3.18. The summed E-state index contributed by atoms with van der Waals surface area (Å²) in [7, 11) is 0. The molecule has 0 amide bonds. The second kappa shape index (κ2) is 8.75. The Morgan fingerprint density at radius 1 is 1.07 bits per heavy atom. The molecule has 0 radical (unpaired) electrons. The number of hydrogen-bond acceptors (Lipinski definition) is 5. The van der Waals surface area contributed by atoms with Gasteiger partial charge in [0.05, 0.1) is 16.8 Å². The number of aromatic nitrogens is 1. The summed E-state index contributed by atoms with van der Waals surface area (Å²) in [6.07, 6.45) is 6.31. The molecule has 28 heavy (non-hydrogen) atoms. The third kappa shape index (κ3) is 3.88. The zero-order valence-corrected chi connectivity index (χ0v) is 19.4. The number of thioether (sulfide) groups is 1. The van der Waals surface area contributed by atoms with Crippen molar-refractivity contribution in [1.82, 2.24) is 0 Å². The van der Waals surface area contributed by atoms with Gasteiger partial charge in [-0.05, 0) is 44.2 Å². The Bertz CT molecular complexity index is 1080. The van der Waals surface area contributed by atoms with Crippen molar-refractivity contribution in [2.45, 2.75) is 25.3 Å². The molecule has 2 aromatic carbocycles. The van der Waals surface area contributed by atoms with Gasteiger partial charge in [0.15, 0.2) is 0 Å². The van der Waals surface area contributed by atoms with Crippen LogP contribution in [0.25, 0.3) is 16.3 Å². The third-order valence-electron chi connectivity index (χ3n) is 4.54. The predicted octanol–water partition coefficient (Wildman–Crippen LogP) is 2.11. The molecule has 0 unspecified atom stereocenters. The van der Waals surface area contributed by atoms with Gasteiger partial charge in [-0.15, -0.1) is 0 Å². The van der Waals surface area contributed by atoms with Gasteiger partial charge in [0.1, 0.15) is 22.7 Å². The molecule has 4 rings (SSSR count). The van der Waals surface area contributed by atoms with E-state index in [0.29, 0.717) is 11.5 Å². The number of nitrogens with zero attached hydrogens (tertiary/aromatic N) is 2. The van der Waals surface area contributed by atoms with Crippen LogP contribution < -0.4 is 33.4 Å². The van der Waals surface area contributed by atoms with Crippen molar-refractivity contribution in [2.75, 3.05) is 11.4 Å². The molecule has 0 bridgehead atoms. The lowest BCUT2D eigenvalue weighted by molar-refractivity contribution is -0.665. The molecule has 2 heterocycles. The lowest BCUT2D eigenvalue weighted by atomic mass is 10.2. The van der Waals surface area contributed by atoms with Gasteiger partial charge in [0.2, 0.25) is 5.52 Å². The van der Waals surface area contributed by atoms with Gasteiger partial charge in [-0.2, -0.15) is 4.57 Å². The summed E-state index contributed by atoms with van der Waals surface area (Å²) in [5.74, 6) is 0.587. The number of phenolic OH excluding ortho intramolecular Hbond substituents is 2. The third-order valence-corrected chi connectivity index (χ3v) is 6.80. The van der Waals surface area contributed by atoms with Gasteiger partial charge in [-0.1, -0.05) is 29.2 Å². The summed E-state index contributed by atoms with van der Waals surface area (Å²) >= 11 is 3.44. The Hall–Kier alpha value is -1.71. The van der Waals surface area contributed by atoms with E-state index >= 15 is 0 Å². The number of hydrogen-bond donors (Lipinski definition) is 2. The monoisotopic (exact) mass is 524 g/mol. The largest absolute Gasteiger partial charge is 1.00 e. The average molecular weight is 524 g/mol. The zero-order valence-electron chi connectivity index (χ0n) is 15.6. The van der Waals surface area contributed by atoms with E-state index in [4.69, 9.17) is 0 Å². The molecule has 0 atom stereocenters. The molecule has 7 heteroatoms. The van der Waals surface area contributed by atoms with Gasteiger partial charge >= 0.3 is 0 Å². The van der Waals surface area contributed by atoms with Crippen molar-refractivity contribution in [3.8, 4) is 11.5 Å². The highest BCUT2D eigenvalue weighted by molar-refractivity contribution is 8.03. The van der Waals surface area contributed by atoms with Gasteiger partial charge in [0, 0.05) is 23.6 Å². The first-order chi connectivity index (χ1) is 13.1. The molecule has 146 valence electrons. The summed E-state index contributed by atoms with van der Waals surface area (Å²) < 4.78 is 3.37. The fourth-order valence-electron chi connectivity index (χ4n) is 3.29. The fraction of sp³-hybridized carbons (Fsp3) is 0.190. The second-order valence-electron chi connectivity index (χ2n) is 6.20. The van der Waals surface area contributed by atoms with Crippen LogP contribution in [0.1, 0.15) is 18.9 Å². The van der Waals surface area contributed by atoms with Crippen LogP contribution in [0.3, 0.4) is 0 Å². The summed E-state index contributed by atoms with van der Waals surface area (Å²) in [5.41, 5.74) is 2.12. The molecule has 0 aliphatic carbocycles. The molecular weight excluding hydrogens is 503 g/mol. The van der Waals surface area contributed by atoms with Crippen LogP contribution in [-0.2, 0) is 6.54 Å². The lowest BCUT2D eigenvalue weighted by Crippen LogP contribution is -3.00. The van der Waals surface area contributed by atoms with Crippen LogP contribution >= 0.6 is 23.1 Å². The topological polar surface area (TPSA) is 47.6 Å². The number of aryl methyl sites for hydroxylation is 1. The van der Waals surface area contributed by atoms with Crippen molar-refractivity contribution in [3.63, 3.8) is 0 Å². The minimum absolute atomic E-state index is 0. The fourth-order valence-corrected chi connectivity index (χ4v) is 5.53. The number of thiazole rings is 1. The Morgan fingerprint density at radius 2 is 1.82 bits per heavy atom. The van der Waals surface area contributed by atoms with Crippen molar-refractivity contribution < 1.29 is 38.8 Å². The van der Waals surface area contributed by atoms with Crippen molar-refractivity contribution in [3.05, 3.63) is 58.6 Å². The molecular formula is C21H21IN2O2S2. The molecule has 1 aliphatic heterocycles. The molecule has 0 fully saturated rings. The quantitative estimate of drug-likeness (QED) is 0.406. The molecule has 1 aliphatic rings. The number of phenols is 2. The van der Waals surface area contributed by atoms with Crippen LogP contribution in [0.15, 0.2) is 58.5 Å². The first-order valence-corrected chi connectivity index (χ1v) is 10.6. The van der Waals surface area contributed by atoms with Crippen LogP contribution in [0.4, 0.5) is 5.69 Å². The molecule has 1 aromatic heterocycles. The first-order valence-electron chi connectivity index (χ1n) is 8.92.